The summed E-state index contributed by atoms with van der Waals surface area (Å²) in [5.74, 6) is 1.43. The molecule has 2 heterocycles. The van der Waals surface area contributed by atoms with Crippen LogP contribution < -0.4 is 5.56 Å². The first kappa shape index (κ1) is 21.7. The lowest BCUT2D eigenvalue weighted by Gasteiger charge is -2.12. The first-order valence-electron chi connectivity index (χ1n) is 9.94. The summed E-state index contributed by atoms with van der Waals surface area (Å²) in [7, 11) is 0. The molecule has 2 aromatic carbocycles. The predicted molar refractivity (Wildman–Crippen MR) is 124 cm³/mol. The van der Waals surface area contributed by atoms with E-state index in [1.807, 2.05) is 49.4 Å². The maximum atomic E-state index is 13.1. The Labute approximate surface area is 192 Å². The van der Waals surface area contributed by atoms with Crippen molar-refractivity contribution in [3.63, 3.8) is 0 Å². The lowest BCUT2D eigenvalue weighted by molar-refractivity contribution is 0.140. The van der Waals surface area contributed by atoms with Gasteiger partial charge in [-0.05, 0) is 49.7 Å². The number of aromatic nitrogens is 4. The van der Waals surface area contributed by atoms with Crippen LogP contribution in [0.15, 0.2) is 67.5 Å². The van der Waals surface area contributed by atoms with Crippen LogP contribution in [-0.4, -0.2) is 32.9 Å². The summed E-state index contributed by atoms with van der Waals surface area (Å²) in [6.45, 7) is 3.75. The van der Waals surface area contributed by atoms with Crippen molar-refractivity contribution in [2.45, 2.75) is 30.8 Å². The van der Waals surface area contributed by atoms with Gasteiger partial charge in [-0.3, -0.25) is 9.36 Å². The van der Waals surface area contributed by atoms with Gasteiger partial charge in [-0.1, -0.05) is 45.0 Å². The van der Waals surface area contributed by atoms with Crippen LogP contribution in [0.2, 0.25) is 0 Å². The highest BCUT2D eigenvalue weighted by Crippen LogP contribution is 2.24. The molecular weight excluding hydrogens is 480 g/mol. The molecular formula is C22H21BrN4O3S. The van der Waals surface area contributed by atoms with Crippen molar-refractivity contribution >= 4 is 38.6 Å². The summed E-state index contributed by atoms with van der Waals surface area (Å²) in [5, 5.41) is 5.31. The van der Waals surface area contributed by atoms with E-state index in [1.54, 1.807) is 10.6 Å². The van der Waals surface area contributed by atoms with E-state index in [-0.39, 0.29) is 5.56 Å². The lowest BCUT2D eigenvalue weighted by Crippen LogP contribution is -2.24. The molecule has 0 atom stereocenters. The Morgan fingerprint density at radius 3 is 2.74 bits per heavy atom. The van der Waals surface area contributed by atoms with Crippen LogP contribution in [0.1, 0.15) is 19.2 Å². The number of nitrogens with zero attached hydrogens (tertiary/aromatic N) is 4. The number of halogens is 1. The molecule has 4 rings (SSSR count). The van der Waals surface area contributed by atoms with Gasteiger partial charge in [-0.15, -0.1) is 0 Å². The highest BCUT2D eigenvalue weighted by atomic mass is 79.9. The molecule has 9 heteroatoms. The maximum absolute atomic E-state index is 13.1. The van der Waals surface area contributed by atoms with E-state index in [9.17, 15) is 4.79 Å². The summed E-state index contributed by atoms with van der Waals surface area (Å²) < 4.78 is 13.5. The van der Waals surface area contributed by atoms with Crippen LogP contribution in [0, 0.1) is 0 Å². The summed E-state index contributed by atoms with van der Waals surface area (Å²) in [6, 6.07) is 15.1. The van der Waals surface area contributed by atoms with E-state index in [4.69, 9.17) is 14.2 Å². The molecule has 0 aliphatic carbocycles. The van der Waals surface area contributed by atoms with Crippen molar-refractivity contribution < 1.29 is 9.26 Å². The molecule has 0 fully saturated rings. The molecule has 0 unspecified atom stereocenters. The third-order valence-electron chi connectivity index (χ3n) is 4.60. The number of rotatable bonds is 9. The molecule has 0 bridgehead atoms. The fourth-order valence-corrected chi connectivity index (χ4v) is 4.21. The second-order valence-electron chi connectivity index (χ2n) is 6.73. The average molecular weight is 501 g/mol. The number of benzene rings is 2. The minimum Gasteiger partial charge on any atom is -0.382 e. The van der Waals surface area contributed by atoms with Gasteiger partial charge in [0.1, 0.15) is 0 Å². The Hall–Kier alpha value is -2.49. The van der Waals surface area contributed by atoms with E-state index in [2.05, 4.69) is 26.1 Å². The molecule has 2 aromatic heterocycles. The molecule has 0 spiro atoms. The average Bonchev–Trinajstić information content (AvgIpc) is 3.26. The van der Waals surface area contributed by atoms with Crippen LogP contribution in [0.5, 0.6) is 0 Å². The number of fused-ring (bicyclic) bond motifs is 1. The second-order valence-corrected chi connectivity index (χ2v) is 8.58. The topological polar surface area (TPSA) is 83.0 Å². The largest absolute Gasteiger partial charge is 0.382 e. The zero-order valence-corrected chi connectivity index (χ0v) is 19.4. The number of para-hydroxylation sites is 1. The van der Waals surface area contributed by atoms with Crippen LogP contribution >= 0.6 is 27.7 Å². The highest BCUT2D eigenvalue weighted by molar-refractivity contribution is 9.10. The summed E-state index contributed by atoms with van der Waals surface area (Å²) >= 11 is 4.83. The van der Waals surface area contributed by atoms with Crippen molar-refractivity contribution in [2.24, 2.45) is 0 Å². The Balaban J connectivity index is 1.55. The zero-order valence-electron chi connectivity index (χ0n) is 17.0. The molecule has 0 amide bonds. The fraction of sp³-hybridized carbons (Fsp3) is 0.273. The minimum absolute atomic E-state index is 0.0503. The van der Waals surface area contributed by atoms with Crippen molar-refractivity contribution in [3.05, 3.63) is 69.2 Å². The SMILES string of the molecule is CCOCCCn1c(SCc2nc(-c3ccc(Br)cc3)no2)nc2ccccc2c1=O. The lowest BCUT2D eigenvalue weighted by atomic mass is 10.2. The van der Waals surface area contributed by atoms with Crippen molar-refractivity contribution in [2.75, 3.05) is 13.2 Å². The highest BCUT2D eigenvalue weighted by Gasteiger charge is 2.14. The number of hydrogen-bond donors (Lipinski definition) is 0. The number of ether oxygens (including phenoxy) is 1. The number of hydrogen-bond acceptors (Lipinski definition) is 7. The van der Waals surface area contributed by atoms with Gasteiger partial charge in [-0.2, -0.15) is 4.98 Å². The molecule has 0 aliphatic heterocycles. The third-order valence-corrected chi connectivity index (χ3v) is 6.09. The van der Waals surface area contributed by atoms with E-state index in [0.717, 1.165) is 16.5 Å². The third kappa shape index (κ3) is 5.23. The minimum atomic E-state index is -0.0503. The molecule has 0 aliphatic rings. The monoisotopic (exact) mass is 500 g/mol. The molecule has 0 N–H and O–H groups in total. The van der Waals surface area contributed by atoms with Gasteiger partial charge >= 0.3 is 0 Å². The Morgan fingerprint density at radius 2 is 1.94 bits per heavy atom. The maximum Gasteiger partial charge on any atom is 0.262 e. The summed E-state index contributed by atoms with van der Waals surface area (Å²) in [4.78, 5) is 22.2. The normalized spacial score (nSPS) is 11.3. The molecule has 0 saturated carbocycles. The zero-order chi connectivity index (χ0) is 21.6. The predicted octanol–water partition coefficient (Wildman–Crippen LogP) is 4.93. The molecule has 0 saturated heterocycles. The molecule has 7 nitrogen and oxygen atoms in total. The van der Waals surface area contributed by atoms with Crippen LogP contribution in [-0.2, 0) is 17.0 Å². The smallest absolute Gasteiger partial charge is 0.262 e. The van der Waals surface area contributed by atoms with E-state index in [0.29, 0.717) is 53.3 Å². The van der Waals surface area contributed by atoms with Gasteiger partial charge in [0.25, 0.3) is 5.56 Å². The van der Waals surface area contributed by atoms with E-state index >= 15 is 0 Å². The standard InChI is InChI=1S/C22H21BrN4O3S/c1-2-29-13-5-12-27-21(28)17-6-3-4-7-18(17)24-22(27)31-14-19-25-20(26-30-19)15-8-10-16(23)11-9-15/h3-4,6-11H,2,5,12-14H2,1H3. The molecule has 4 aromatic rings. The Morgan fingerprint density at radius 1 is 1.13 bits per heavy atom. The van der Waals surface area contributed by atoms with E-state index < -0.39 is 0 Å². The Kier molecular flexibility index (Phi) is 7.16. The molecule has 0 radical (unpaired) electrons. The van der Waals surface area contributed by atoms with Crippen molar-refractivity contribution in [1.82, 2.24) is 19.7 Å². The van der Waals surface area contributed by atoms with Crippen molar-refractivity contribution in [1.29, 1.82) is 0 Å². The molecule has 31 heavy (non-hydrogen) atoms. The molecule has 160 valence electrons. The quantitative estimate of drug-likeness (QED) is 0.183. The Bertz CT molecular complexity index is 1220. The van der Waals surface area contributed by atoms with Gasteiger partial charge in [0.2, 0.25) is 11.7 Å². The van der Waals surface area contributed by atoms with Gasteiger partial charge in [0, 0.05) is 29.8 Å². The van der Waals surface area contributed by atoms with Crippen molar-refractivity contribution in [3.8, 4) is 11.4 Å². The number of thioether (sulfide) groups is 1. The van der Waals surface area contributed by atoms with Gasteiger partial charge in [0.15, 0.2) is 5.16 Å². The van der Waals surface area contributed by atoms with Crippen LogP contribution in [0.4, 0.5) is 0 Å². The van der Waals surface area contributed by atoms with Gasteiger partial charge in [0.05, 0.1) is 16.7 Å². The first-order chi connectivity index (χ1) is 15.2. The van der Waals surface area contributed by atoms with Crippen LogP contribution in [0.25, 0.3) is 22.3 Å². The van der Waals surface area contributed by atoms with Gasteiger partial charge < -0.3 is 9.26 Å². The second kappa shape index (κ2) is 10.2. The summed E-state index contributed by atoms with van der Waals surface area (Å²) in [5.41, 5.74) is 1.50. The van der Waals surface area contributed by atoms with E-state index in [1.165, 1.54) is 11.8 Å². The van der Waals surface area contributed by atoms with Gasteiger partial charge in [-0.25, -0.2) is 4.98 Å². The first-order valence-corrected chi connectivity index (χ1v) is 11.7. The van der Waals surface area contributed by atoms with Crippen LogP contribution in [0.3, 0.4) is 0 Å². The fourth-order valence-electron chi connectivity index (χ4n) is 3.08. The summed E-state index contributed by atoms with van der Waals surface area (Å²) in [6.07, 6.45) is 0.732.